The Kier molecular flexibility index (Phi) is 3.37. The van der Waals surface area contributed by atoms with Crippen molar-refractivity contribution in [2.75, 3.05) is 0 Å². The second-order valence-corrected chi connectivity index (χ2v) is 9.16. The molecule has 23 heavy (non-hydrogen) atoms. The van der Waals surface area contributed by atoms with Gasteiger partial charge < -0.3 is 4.55 Å². The minimum absolute atomic E-state index is 0.0251. The minimum atomic E-state index is -1.99. The summed E-state index contributed by atoms with van der Waals surface area (Å²) in [6.07, 6.45) is 4.21. The molecule has 0 amide bonds. The Morgan fingerprint density at radius 1 is 1.26 bits per heavy atom. The van der Waals surface area contributed by atoms with Crippen LogP contribution >= 0.6 is 0 Å². The van der Waals surface area contributed by atoms with Crippen molar-refractivity contribution >= 4 is 16.9 Å². The Labute approximate surface area is 140 Å². The normalized spacial score (nSPS) is 36.9. The van der Waals surface area contributed by atoms with Crippen molar-refractivity contribution in [2.24, 2.45) is 16.7 Å². The van der Waals surface area contributed by atoms with Gasteiger partial charge in [-0.25, -0.2) is 4.21 Å². The predicted octanol–water partition coefficient (Wildman–Crippen LogP) is 3.70. The van der Waals surface area contributed by atoms with E-state index in [9.17, 15) is 13.6 Å². The molecule has 1 aromatic rings. The van der Waals surface area contributed by atoms with Gasteiger partial charge in [0, 0.05) is 12.3 Å². The Morgan fingerprint density at radius 3 is 2.61 bits per heavy atom. The molecule has 4 rings (SSSR count). The van der Waals surface area contributed by atoms with Crippen LogP contribution in [0.3, 0.4) is 0 Å². The number of rotatable bonds is 3. The lowest BCUT2D eigenvalue weighted by molar-refractivity contribution is -0.130. The lowest BCUT2D eigenvalue weighted by atomic mass is 9.63. The van der Waals surface area contributed by atoms with E-state index in [1.54, 1.807) is 0 Å². The van der Waals surface area contributed by atoms with Gasteiger partial charge in [-0.3, -0.25) is 4.79 Å². The molecule has 1 N–H and O–H groups in total. The Bertz CT molecular complexity index is 696. The zero-order valence-corrected chi connectivity index (χ0v) is 14.6. The highest BCUT2D eigenvalue weighted by Gasteiger charge is 2.69. The highest BCUT2D eigenvalue weighted by molar-refractivity contribution is 7.80. The van der Waals surface area contributed by atoms with Crippen molar-refractivity contribution in [3.63, 3.8) is 0 Å². The van der Waals surface area contributed by atoms with Crippen molar-refractivity contribution in [3.8, 4) is 0 Å². The molecule has 2 bridgehead atoms. The summed E-state index contributed by atoms with van der Waals surface area (Å²) in [5.41, 5.74) is 1.67. The van der Waals surface area contributed by atoms with Gasteiger partial charge in [0.15, 0.2) is 11.1 Å². The van der Waals surface area contributed by atoms with E-state index in [1.807, 2.05) is 12.1 Å². The summed E-state index contributed by atoms with van der Waals surface area (Å²) in [4.78, 5) is 12.9. The maximum atomic E-state index is 12.9. The van der Waals surface area contributed by atoms with E-state index in [0.717, 1.165) is 25.7 Å². The van der Waals surface area contributed by atoms with Gasteiger partial charge in [0.25, 0.3) is 0 Å². The molecule has 0 heterocycles. The Hall–Kier alpha value is -1.00. The van der Waals surface area contributed by atoms with Crippen molar-refractivity contribution in [3.05, 3.63) is 35.4 Å². The molecule has 0 aliphatic heterocycles. The van der Waals surface area contributed by atoms with Gasteiger partial charge >= 0.3 is 0 Å². The number of ketones is 1. The third-order valence-electron chi connectivity index (χ3n) is 7.23. The lowest BCUT2D eigenvalue weighted by Gasteiger charge is -2.44. The summed E-state index contributed by atoms with van der Waals surface area (Å²) in [6, 6.07) is 8.23. The van der Waals surface area contributed by atoms with Gasteiger partial charge in [-0.05, 0) is 48.1 Å². The number of aryl methyl sites for hydroxylation is 1. The summed E-state index contributed by atoms with van der Waals surface area (Å²) >= 11 is -1.99. The average Bonchev–Trinajstić information content (AvgIpc) is 3.08. The smallest absolute Gasteiger partial charge is 0.157 e. The second-order valence-electron chi connectivity index (χ2n) is 8.10. The van der Waals surface area contributed by atoms with E-state index in [-0.39, 0.29) is 17.1 Å². The monoisotopic (exact) mass is 332 g/mol. The molecule has 5 atom stereocenters. The standard InChI is InChI=1S/C19H24O3S/c1-18(2)13-9-10-19(18,16(20)11-13)17(23(21)22)15-8-7-12-5-3-4-6-14(12)15/h3-6,13,15,17H,7-11H2,1-2H3,(H,21,22). The second kappa shape index (κ2) is 5.00. The summed E-state index contributed by atoms with van der Waals surface area (Å²) in [5, 5.41) is -0.471. The minimum Gasteiger partial charge on any atom is -0.306 e. The number of fused-ring (bicyclic) bond motifs is 3. The molecule has 3 nitrogen and oxygen atoms in total. The molecule has 5 unspecified atom stereocenters. The highest BCUT2D eigenvalue weighted by Crippen LogP contribution is 2.68. The van der Waals surface area contributed by atoms with Crippen LogP contribution in [0.5, 0.6) is 0 Å². The molecule has 3 aliphatic carbocycles. The number of hydrogen-bond acceptors (Lipinski definition) is 2. The Morgan fingerprint density at radius 2 is 2.00 bits per heavy atom. The van der Waals surface area contributed by atoms with Crippen molar-refractivity contribution < 1.29 is 13.6 Å². The molecular formula is C19H24O3S. The third-order valence-corrected chi connectivity index (χ3v) is 8.40. The van der Waals surface area contributed by atoms with E-state index in [4.69, 9.17) is 0 Å². The molecule has 0 aromatic heterocycles. The van der Waals surface area contributed by atoms with Crippen LogP contribution in [0, 0.1) is 16.7 Å². The summed E-state index contributed by atoms with van der Waals surface area (Å²) in [7, 11) is 0. The molecular weight excluding hydrogens is 308 g/mol. The van der Waals surface area contributed by atoms with Gasteiger partial charge in [-0.2, -0.15) is 0 Å². The third kappa shape index (κ3) is 1.85. The van der Waals surface area contributed by atoms with Gasteiger partial charge in [0.05, 0.1) is 10.7 Å². The number of benzene rings is 1. The van der Waals surface area contributed by atoms with Gasteiger partial charge in [0.1, 0.15) is 5.78 Å². The number of hydrogen-bond donors (Lipinski definition) is 1. The zero-order chi connectivity index (χ0) is 16.4. The zero-order valence-electron chi connectivity index (χ0n) is 13.7. The molecule has 0 spiro atoms. The van der Waals surface area contributed by atoms with E-state index in [0.29, 0.717) is 12.3 Å². The Balaban J connectivity index is 1.84. The predicted molar refractivity (Wildman–Crippen MR) is 90.6 cm³/mol. The molecule has 2 fully saturated rings. The van der Waals surface area contributed by atoms with Crippen molar-refractivity contribution in [2.45, 2.75) is 57.1 Å². The lowest BCUT2D eigenvalue weighted by Crippen LogP contribution is -2.50. The fourth-order valence-electron chi connectivity index (χ4n) is 5.94. The van der Waals surface area contributed by atoms with Crippen LogP contribution in [0.2, 0.25) is 0 Å². The van der Waals surface area contributed by atoms with Crippen LogP contribution < -0.4 is 0 Å². The molecule has 0 radical (unpaired) electrons. The van der Waals surface area contributed by atoms with Gasteiger partial charge in [-0.15, -0.1) is 0 Å². The molecule has 2 saturated carbocycles. The van der Waals surface area contributed by atoms with E-state index >= 15 is 0 Å². The first-order valence-electron chi connectivity index (χ1n) is 8.60. The van der Waals surface area contributed by atoms with Crippen LogP contribution in [-0.4, -0.2) is 19.8 Å². The summed E-state index contributed by atoms with van der Waals surface area (Å²) in [5.74, 6) is 0.630. The quantitative estimate of drug-likeness (QED) is 0.859. The summed E-state index contributed by atoms with van der Waals surface area (Å²) in [6.45, 7) is 4.30. The van der Waals surface area contributed by atoms with E-state index in [1.165, 1.54) is 11.1 Å². The number of Topliss-reactive ketones (excluding diaryl/α,β-unsaturated/α-hetero) is 1. The average molecular weight is 332 g/mol. The van der Waals surface area contributed by atoms with E-state index < -0.39 is 21.7 Å². The molecule has 4 heteroatoms. The van der Waals surface area contributed by atoms with Crippen LogP contribution in [0.1, 0.15) is 56.6 Å². The molecule has 124 valence electrons. The maximum absolute atomic E-state index is 12.9. The first kappa shape index (κ1) is 15.5. The van der Waals surface area contributed by atoms with Crippen LogP contribution in [0.15, 0.2) is 24.3 Å². The maximum Gasteiger partial charge on any atom is 0.157 e. The van der Waals surface area contributed by atoms with Crippen LogP contribution in [0.25, 0.3) is 0 Å². The highest BCUT2D eigenvalue weighted by atomic mass is 32.2. The fraction of sp³-hybridized carbons (Fsp3) is 0.632. The topological polar surface area (TPSA) is 54.4 Å². The summed E-state index contributed by atoms with van der Waals surface area (Å²) < 4.78 is 22.7. The SMILES string of the molecule is CC1(C)C2CCC1(C(C1CCc3ccccc31)S(=O)O)C(=O)C2. The molecule has 1 aromatic carbocycles. The van der Waals surface area contributed by atoms with Crippen molar-refractivity contribution in [1.82, 2.24) is 0 Å². The molecule has 0 saturated heterocycles. The van der Waals surface area contributed by atoms with Gasteiger partial charge in [0.2, 0.25) is 0 Å². The van der Waals surface area contributed by atoms with Crippen molar-refractivity contribution in [1.29, 1.82) is 0 Å². The molecule has 3 aliphatic rings. The van der Waals surface area contributed by atoms with E-state index in [2.05, 4.69) is 26.0 Å². The first-order chi connectivity index (χ1) is 10.9. The van der Waals surface area contributed by atoms with Gasteiger partial charge in [-0.1, -0.05) is 38.1 Å². The van der Waals surface area contributed by atoms with Crippen LogP contribution in [-0.2, 0) is 22.3 Å². The first-order valence-corrected chi connectivity index (χ1v) is 9.77. The fourth-order valence-corrected chi connectivity index (χ4v) is 7.40. The largest absolute Gasteiger partial charge is 0.306 e. The number of carbonyl (C=O) groups excluding carboxylic acids is 1. The van der Waals surface area contributed by atoms with Crippen LogP contribution in [0.4, 0.5) is 0 Å². The number of carbonyl (C=O) groups is 1.